The fourth-order valence-electron chi connectivity index (χ4n) is 1.43. The smallest absolute Gasteiger partial charge is 0.225 e. The molecule has 0 atom stereocenters. The third-order valence-corrected chi connectivity index (χ3v) is 2.57. The monoisotopic (exact) mass is 214 g/mol. The maximum absolute atomic E-state index is 5.08. The molecule has 0 aliphatic rings. The van der Waals surface area contributed by atoms with Crippen molar-refractivity contribution in [3.63, 3.8) is 0 Å². The molecular weight excluding hydrogens is 196 g/mol. The number of nitrogens with zero attached hydrogens (tertiary/aromatic N) is 3. The molecule has 0 bridgehead atoms. The molecule has 1 N–H and O–H groups in total. The van der Waals surface area contributed by atoms with E-state index in [1.807, 2.05) is 11.6 Å². The Morgan fingerprint density at radius 3 is 2.57 bits per heavy atom. The van der Waals surface area contributed by atoms with Crippen molar-refractivity contribution >= 4 is 18.2 Å². The summed E-state index contributed by atoms with van der Waals surface area (Å²) in [6, 6.07) is 0.443. The summed E-state index contributed by atoms with van der Waals surface area (Å²) in [5, 5.41) is 7.03. The second-order valence-electron chi connectivity index (χ2n) is 3.67. The zero-order valence-corrected chi connectivity index (χ0v) is 10.1. The molecule has 1 aromatic heterocycles. The van der Waals surface area contributed by atoms with E-state index in [9.17, 15) is 0 Å². The molecular formula is C9H18N4S. The Balaban J connectivity index is 2.99. The largest absolute Gasteiger partial charge is 0.339 e. The number of anilines is 1. The van der Waals surface area contributed by atoms with Crippen LogP contribution in [0.15, 0.2) is 0 Å². The van der Waals surface area contributed by atoms with Gasteiger partial charge in [0.05, 0.1) is 0 Å². The zero-order valence-electron chi connectivity index (χ0n) is 9.24. The van der Waals surface area contributed by atoms with Crippen molar-refractivity contribution in [1.82, 2.24) is 14.8 Å². The van der Waals surface area contributed by atoms with Crippen molar-refractivity contribution in [2.75, 3.05) is 11.4 Å². The third-order valence-electron chi connectivity index (χ3n) is 2.20. The first-order valence-corrected chi connectivity index (χ1v) is 5.36. The number of hydrogen-bond donors (Lipinski definition) is 1. The van der Waals surface area contributed by atoms with Gasteiger partial charge in [-0.3, -0.25) is 4.57 Å². The van der Waals surface area contributed by atoms with E-state index in [-0.39, 0.29) is 0 Å². The molecule has 0 unspecified atom stereocenters. The van der Waals surface area contributed by atoms with Crippen LogP contribution in [-0.4, -0.2) is 27.4 Å². The average Bonchev–Trinajstić information content (AvgIpc) is 2.44. The van der Waals surface area contributed by atoms with Gasteiger partial charge in [0.2, 0.25) is 5.95 Å². The van der Waals surface area contributed by atoms with E-state index >= 15 is 0 Å². The molecule has 1 rings (SSSR count). The van der Waals surface area contributed by atoms with Gasteiger partial charge in [-0.15, -0.1) is 5.10 Å². The van der Waals surface area contributed by atoms with Crippen LogP contribution in [0.2, 0.25) is 0 Å². The van der Waals surface area contributed by atoms with Crippen LogP contribution in [0.25, 0.3) is 0 Å². The Hall–Kier alpha value is -0.840. The maximum atomic E-state index is 5.08. The van der Waals surface area contributed by atoms with Crippen LogP contribution in [0.4, 0.5) is 5.95 Å². The molecule has 5 heteroatoms. The minimum atomic E-state index is 0.443. The lowest BCUT2D eigenvalue weighted by molar-refractivity contribution is 0.636. The lowest BCUT2D eigenvalue weighted by Gasteiger charge is -2.26. The number of hydrogen-bond acceptors (Lipinski definition) is 3. The first-order valence-electron chi connectivity index (χ1n) is 4.96. The number of aromatic nitrogens is 3. The van der Waals surface area contributed by atoms with E-state index in [1.54, 1.807) is 0 Å². The highest BCUT2D eigenvalue weighted by Gasteiger charge is 2.14. The molecule has 1 heterocycles. The van der Waals surface area contributed by atoms with Gasteiger partial charge in [0, 0.05) is 19.6 Å². The molecule has 0 aliphatic heterocycles. The van der Waals surface area contributed by atoms with Crippen molar-refractivity contribution in [1.29, 1.82) is 0 Å². The fourth-order valence-corrected chi connectivity index (χ4v) is 1.55. The molecule has 4 nitrogen and oxygen atoms in total. The van der Waals surface area contributed by atoms with Gasteiger partial charge >= 0.3 is 0 Å². The highest BCUT2D eigenvalue weighted by Crippen LogP contribution is 2.13. The predicted molar refractivity (Wildman–Crippen MR) is 61.2 cm³/mol. The van der Waals surface area contributed by atoms with E-state index in [2.05, 4.69) is 35.9 Å². The van der Waals surface area contributed by atoms with E-state index in [1.165, 1.54) is 0 Å². The van der Waals surface area contributed by atoms with Gasteiger partial charge in [0.1, 0.15) is 0 Å². The van der Waals surface area contributed by atoms with Crippen LogP contribution in [0.3, 0.4) is 0 Å². The summed E-state index contributed by atoms with van der Waals surface area (Å²) in [6.45, 7) is 7.49. The van der Waals surface area contributed by atoms with Crippen molar-refractivity contribution in [3.8, 4) is 0 Å². The lowest BCUT2D eigenvalue weighted by Crippen LogP contribution is -2.33. The molecule has 0 aromatic carbocycles. The van der Waals surface area contributed by atoms with Crippen LogP contribution >= 0.6 is 12.2 Å². The summed E-state index contributed by atoms with van der Waals surface area (Å²) in [7, 11) is 1.94. The first-order chi connectivity index (χ1) is 6.57. The van der Waals surface area contributed by atoms with Crippen LogP contribution in [0, 0.1) is 4.77 Å². The third kappa shape index (κ3) is 2.15. The van der Waals surface area contributed by atoms with Crippen LogP contribution < -0.4 is 4.90 Å². The molecule has 0 amide bonds. The fraction of sp³-hybridized carbons (Fsp3) is 0.778. The molecule has 0 fully saturated rings. The molecule has 0 radical (unpaired) electrons. The van der Waals surface area contributed by atoms with E-state index < -0.39 is 0 Å². The van der Waals surface area contributed by atoms with Gasteiger partial charge in [0.15, 0.2) is 4.77 Å². The molecule has 14 heavy (non-hydrogen) atoms. The van der Waals surface area contributed by atoms with E-state index in [0.29, 0.717) is 10.8 Å². The van der Waals surface area contributed by atoms with Crippen molar-refractivity contribution in [2.45, 2.75) is 33.2 Å². The summed E-state index contributed by atoms with van der Waals surface area (Å²) >= 11 is 5.08. The SMILES string of the molecule is CCCN(c1n[nH]c(=S)n1C)C(C)C. The first kappa shape index (κ1) is 11.2. The van der Waals surface area contributed by atoms with Crippen LogP contribution in [0.1, 0.15) is 27.2 Å². The quantitative estimate of drug-likeness (QED) is 0.780. The Morgan fingerprint density at radius 1 is 1.57 bits per heavy atom. The Bertz CT molecular complexity index is 339. The zero-order chi connectivity index (χ0) is 10.7. The average molecular weight is 214 g/mol. The lowest BCUT2D eigenvalue weighted by atomic mass is 10.3. The van der Waals surface area contributed by atoms with E-state index in [4.69, 9.17) is 12.2 Å². The predicted octanol–water partition coefficient (Wildman–Crippen LogP) is 2.10. The van der Waals surface area contributed by atoms with Gasteiger partial charge in [-0.2, -0.15) is 0 Å². The van der Waals surface area contributed by atoms with Gasteiger partial charge in [-0.1, -0.05) is 6.92 Å². The summed E-state index contributed by atoms with van der Waals surface area (Å²) in [4.78, 5) is 2.24. The molecule has 0 saturated heterocycles. The van der Waals surface area contributed by atoms with Crippen molar-refractivity contribution < 1.29 is 0 Å². The second kappa shape index (κ2) is 4.59. The van der Waals surface area contributed by atoms with Gasteiger partial charge in [0.25, 0.3) is 0 Å². The molecule has 1 aromatic rings. The molecule has 80 valence electrons. The standard InChI is InChI=1S/C9H18N4S/c1-5-6-13(7(2)3)8-10-11-9(14)12(8)4/h7H,5-6H2,1-4H3,(H,11,14). The van der Waals surface area contributed by atoms with Crippen LogP contribution in [0.5, 0.6) is 0 Å². The Kier molecular flexibility index (Phi) is 3.69. The van der Waals surface area contributed by atoms with Crippen LogP contribution in [-0.2, 0) is 7.05 Å². The normalized spacial score (nSPS) is 10.9. The van der Waals surface area contributed by atoms with Crippen molar-refractivity contribution in [2.24, 2.45) is 7.05 Å². The number of nitrogens with one attached hydrogen (secondary N) is 1. The minimum Gasteiger partial charge on any atom is -0.339 e. The summed E-state index contributed by atoms with van der Waals surface area (Å²) in [5.41, 5.74) is 0. The molecule has 0 saturated carbocycles. The second-order valence-corrected chi connectivity index (χ2v) is 4.06. The number of H-pyrrole nitrogens is 1. The topological polar surface area (TPSA) is 36.9 Å². The van der Waals surface area contributed by atoms with Crippen molar-refractivity contribution in [3.05, 3.63) is 4.77 Å². The Morgan fingerprint density at radius 2 is 2.21 bits per heavy atom. The highest BCUT2D eigenvalue weighted by atomic mass is 32.1. The van der Waals surface area contributed by atoms with Gasteiger partial charge in [-0.05, 0) is 32.5 Å². The summed E-state index contributed by atoms with van der Waals surface area (Å²) in [5.74, 6) is 0.923. The number of aromatic amines is 1. The summed E-state index contributed by atoms with van der Waals surface area (Å²) < 4.78 is 2.58. The summed E-state index contributed by atoms with van der Waals surface area (Å²) in [6.07, 6.45) is 1.11. The maximum Gasteiger partial charge on any atom is 0.225 e. The Labute approximate surface area is 89.9 Å². The van der Waals surface area contributed by atoms with E-state index in [0.717, 1.165) is 18.9 Å². The minimum absolute atomic E-state index is 0.443. The van der Waals surface area contributed by atoms with Gasteiger partial charge < -0.3 is 4.90 Å². The highest BCUT2D eigenvalue weighted by molar-refractivity contribution is 7.71. The molecule has 0 spiro atoms. The molecule has 0 aliphatic carbocycles. The van der Waals surface area contributed by atoms with Gasteiger partial charge in [-0.25, -0.2) is 5.10 Å². The number of rotatable bonds is 4.